The number of benzene rings is 1. The SMILES string of the molecule is c1ccc(OC[C@@H]2CN(Cc3cn4ccccc4n3)CCO2)cc1. The van der Waals surface area contributed by atoms with Crippen molar-refractivity contribution in [2.24, 2.45) is 0 Å². The zero-order valence-corrected chi connectivity index (χ0v) is 13.5. The Hall–Kier alpha value is -2.37. The van der Waals surface area contributed by atoms with Crippen LogP contribution in [0.15, 0.2) is 60.9 Å². The second-order valence-corrected chi connectivity index (χ2v) is 6.05. The minimum Gasteiger partial charge on any atom is -0.491 e. The van der Waals surface area contributed by atoms with Gasteiger partial charge in [-0.15, -0.1) is 0 Å². The van der Waals surface area contributed by atoms with E-state index in [0.717, 1.165) is 43.3 Å². The number of fused-ring (bicyclic) bond motifs is 1. The van der Waals surface area contributed by atoms with E-state index in [4.69, 9.17) is 9.47 Å². The largest absolute Gasteiger partial charge is 0.491 e. The molecule has 124 valence electrons. The minimum atomic E-state index is 0.0935. The minimum absolute atomic E-state index is 0.0935. The fourth-order valence-electron chi connectivity index (χ4n) is 3.02. The number of hydrogen-bond donors (Lipinski definition) is 0. The van der Waals surface area contributed by atoms with E-state index in [1.165, 1.54) is 0 Å². The molecule has 5 nitrogen and oxygen atoms in total. The highest BCUT2D eigenvalue weighted by molar-refractivity contribution is 5.39. The van der Waals surface area contributed by atoms with E-state index in [0.29, 0.717) is 6.61 Å². The molecule has 1 aromatic carbocycles. The summed E-state index contributed by atoms with van der Waals surface area (Å²) in [7, 11) is 0. The number of pyridine rings is 1. The molecule has 0 saturated carbocycles. The van der Waals surface area contributed by atoms with Crippen LogP contribution in [0.2, 0.25) is 0 Å². The lowest BCUT2D eigenvalue weighted by Crippen LogP contribution is -2.44. The first kappa shape index (κ1) is 15.2. The van der Waals surface area contributed by atoms with Gasteiger partial charge < -0.3 is 13.9 Å². The molecule has 0 aliphatic carbocycles. The van der Waals surface area contributed by atoms with Gasteiger partial charge in [0.2, 0.25) is 0 Å². The Morgan fingerprint density at radius 2 is 2.00 bits per heavy atom. The van der Waals surface area contributed by atoms with E-state index in [1.807, 2.05) is 54.7 Å². The Labute approximate surface area is 141 Å². The number of hydrogen-bond acceptors (Lipinski definition) is 4. The summed E-state index contributed by atoms with van der Waals surface area (Å²) in [5.41, 5.74) is 2.08. The van der Waals surface area contributed by atoms with Gasteiger partial charge in [-0.05, 0) is 24.3 Å². The van der Waals surface area contributed by atoms with Crippen molar-refractivity contribution < 1.29 is 9.47 Å². The van der Waals surface area contributed by atoms with Crippen LogP contribution in [0.5, 0.6) is 5.75 Å². The van der Waals surface area contributed by atoms with Crippen molar-refractivity contribution in [2.45, 2.75) is 12.6 Å². The van der Waals surface area contributed by atoms with Crippen LogP contribution < -0.4 is 4.74 Å². The first-order chi connectivity index (χ1) is 11.9. The van der Waals surface area contributed by atoms with E-state index in [2.05, 4.69) is 20.5 Å². The fraction of sp³-hybridized carbons (Fsp3) is 0.316. The molecule has 1 atom stereocenters. The van der Waals surface area contributed by atoms with Crippen LogP contribution in [0.1, 0.15) is 5.69 Å². The molecule has 1 aliphatic heterocycles. The number of imidazole rings is 1. The van der Waals surface area contributed by atoms with Crippen molar-refractivity contribution >= 4 is 5.65 Å². The molecule has 24 heavy (non-hydrogen) atoms. The zero-order valence-electron chi connectivity index (χ0n) is 13.5. The van der Waals surface area contributed by atoms with Crippen molar-refractivity contribution in [3.63, 3.8) is 0 Å². The molecule has 0 spiro atoms. The van der Waals surface area contributed by atoms with Gasteiger partial charge in [-0.1, -0.05) is 24.3 Å². The number of aromatic nitrogens is 2. The fourth-order valence-corrected chi connectivity index (χ4v) is 3.02. The maximum Gasteiger partial charge on any atom is 0.137 e. The van der Waals surface area contributed by atoms with Crippen molar-refractivity contribution in [3.8, 4) is 5.75 Å². The van der Waals surface area contributed by atoms with Gasteiger partial charge in [0.15, 0.2) is 0 Å². The average molecular weight is 323 g/mol. The smallest absolute Gasteiger partial charge is 0.137 e. The summed E-state index contributed by atoms with van der Waals surface area (Å²) >= 11 is 0. The topological polar surface area (TPSA) is 39.0 Å². The van der Waals surface area contributed by atoms with E-state index >= 15 is 0 Å². The van der Waals surface area contributed by atoms with Gasteiger partial charge in [-0.3, -0.25) is 4.90 Å². The number of para-hydroxylation sites is 1. The lowest BCUT2D eigenvalue weighted by Gasteiger charge is -2.32. The lowest BCUT2D eigenvalue weighted by molar-refractivity contribution is -0.0506. The molecule has 1 fully saturated rings. The molecule has 5 heteroatoms. The summed E-state index contributed by atoms with van der Waals surface area (Å²) in [6.07, 6.45) is 4.22. The summed E-state index contributed by atoms with van der Waals surface area (Å²) in [4.78, 5) is 7.05. The Morgan fingerprint density at radius 1 is 1.12 bits per heavy atom. The number of rotatable bonds is 5. The molecule has 3 heterocycles. The third-order valence-electron chi connectivity index (χ3n) is 4.20. The van der Waals surface area contributed by atoms with Crippen LogP contribution in [0, 0.1) is 0 Å². The number of nitrogens with zero attached hydrogens (tertiary/aromatic N) is 3. The van der Waals surface area contributed by atoms with Crippen molar-refractivity contribution in [2.75, 3.05) is 26.3 Å². The molecule has 1 aliphatic rings. The quantitative estimate of drug-likeness (QED) is 0.723. The summed E-state index contributed by atoms with van der Waals surface area (Å²) in [6.45, 7) is 3.94. The predicted molar refractivity (Wildman–Crippen MR) is 92.1 cm³/mol. The first-order valence-electron chi connectivity index (χ1n) is 8.31. The summed E-state index contributed by atoms with van der Waals surface area (Å²) < 4.78 is 13.7. The van der Waals surface area contributed by atoms with Gasteiger partial charge >= 0.3 is 0 Å². The Balaban J connectivity index is 1.34. The highest BCUT2D eigenvalue weighted by atomic mass is 16.5. The van der Waals surface area contributed by atoms with E-state index < -0.39 is 0 Å². The molecule has 3 aromatic rings. The maximum absolute atomic E-state index is 5.83. The first-order valence-corrected chi connectivity index (χ1v) is 8.31. The Morgan fingerprint density at radius 3 is 2.88 bits per heavy atom. The van der Waals surface area contributed by atoms with Crippen LogP contribution >= 0.6 is 0 Å². The molecular weight excluding hydrogens is 302 g/mol. The maximum atomic E-state index is 5.83. The number of ether oxygens (including phenoxy) is 2. The van der Waals surface area contributed by atoms with E-state index in [9.17, 15) is 0 Å². The highest BCUT2D eigenvalue weighted by Gasteiger charge is 2.21. The normalized spacial score (nSPS) is 18.8. The van der Waals surface area contributed by atoms with Crippen LogP contribution in [0.25, 0.3) is 5.65 Å². The van der Waals surface area contributed by atoms with Gasteiger partial charge in [0, 0.05) is 32.0 Å². The van der Waals surface area contributed by atoms with Crippen molar-refractivity contribution in [1.29, 1.82) is 0 Å². The lowest BCUT2D eigenvalue weighted by atomic mass is 10.2. The van der Waals surface area contributed by atoms with Gasteiger partial charge in [0.1, 0.15) is 24.1 Å². The summed E-state index contributed by atoms with van der Waals surface area (Å²) in [5.74, 6) is 0.888. The Bertz CT molecular complexity index is 754. The van der Waals surface area contributed by atoms with Crippen molar-refractivity contribution in [3.05, 3.63) is 66.6 Å². The standard InChI is InChI=1S/C19H21N3O2/c1-2-6-17(7-3-1)24-15-18-14-21(10-11-23-18)12-16-13-22-9-5-4-8-19(22)20-16/h1-9,13,18H,10-12,14-15H2/t18-/m0/s1. The molecule has 0 N–H and O–H groups in total. The average Bonchev–Trinajstić information content (AvgIpc) is 3.03. The van der Waals surface area contributed by atoms with Crippen LogP contribution in [-0.2, 0) is 11.3 Å². The molecule has 0 unspecified atom stereocenters. The second-order valence-electron chi connectivity index (χ2n) is 6.05. The second kappa shape index (κ2) is 7.03. The van der Waals surface area contributed by atoms with Crippen LogP contribution in [0.4, 0.5) is 0 Å². The monoisotopic (exact) mass is 323 g/mol. The van der Waals surface area contributed by atoms with Crippen LogP contribution in [0.3, 0.4) is 0 Å². The van der Waals surface area contributed by atoms with Crippen molar-refractivity contribution in [1.82, 2.24) is 14.3 Å². The summed E-state index contributed by atoms with van der Waals surface area (Å²) in [5, 5.41) is 0. The molecule has 4 rings (SSSR count). The molecule has 0 amide bonds. The summed E-state index contributed by atoms with van der Waals surface area (Å²) in [6, 6.07) is 15.9. The van der Waals surface area contributed by atoms with Gasteiger partial charge in [0.05, 0.1) is 12.3 Å². The number of morpholine rings is 1. The van der Waals surface area contributed by atoms with E-state index in [-0.39, 0.29) is 6.10 Å². The molecule has 0 bridgehead atoms. The molecular formula is C19H21N3O2. The zero-order chi connectivity index (χ0) is 16.2. The third kappa shape index (κ3) is 3.58. The molecule has 0 radical (unpaired) electrons. The third-order valence-corrected chi connectivity index (χ3v) is 4.20. The molecule has 2 aromatic heterocycles. The highest BCUT2D eigenvalue weighted by Crippen LogP contribution is 2.14. The van der Waals surface area contributed by atoms with Gasteiger partial charge in [0.25, 0.3) is 0 Å². The predicted octanol–water partition coefficient (Wildman–Crippen LogP) is 2.61. The molecule has 1 saturated heterocycles. The van der Waals surface area contributed by atoms with Gasteiger partial charge in [-0.25, -0.2) is 4.98 Å². The Kier molecular flexibility index (Phi) is 4.44. The van der Waals surface area contributed by atoms with Gasteiger partial charge in [-0.2, -0.15) is 0 Å². The van der Waals surface area contributed by atoms with E-state index in [1.54, 1.807) is 0 Å². The van der Waals surface area contributed by atoms with Crippen LogP contribution in [-0.4, -0.2) is 46.7 Å².